The molecule has 0 bridgehead atoms. The molecule has 0 aliphatic carbocycles. The summed E-state index contributed by atoms with van der Waals surface area (Å²) in [6.45, 7) is 3.16. The predicted molar refractivity (Wildman–Crippen MR) is 75.8 cm³/mol. The van der Waals surface area contributed by atoms with Gasteiger partial charge in [-0.2, -0.15) is 0 Å². The van der Waals surface area contributed by atoms with Gasteiger partial charge in [0.25, 0.3) is 5.69 Å². The number of nitro benzene ring substituents is 1. The molecule has 1 aromatic carbocycles. The lowest BCUT2D eigenvalue weighted by Gasteiger charge is -2.16. The number of nitrogens with zero attached hydrogens (tertiary/aromatic N) is 2. The number of nitrogens with one attached hydrogen (secondary N) is 1. The molecule has 0 aliphatic heterocycles. The van der Waals surface area contributed by atoms with Crippen LogP contribution in [0.15, 0.2) is 22.7 Å². The first-order chi connectivity index (χ1) is 8.95. The van der Waals surface area contributed by atoms with Crippen LogP contribution in [-0.4, -0.2) is 35.9 Å². The number of hydrogen-bond donors (Lipinski definition) is 1. The van der Waals surface area contributed by atoms with Crippen molar-refractivity contribution in [2.75, 3.05) is 20.1 Å². The first-order valence-electron chi connectivity index (χ1n) is 5.82. The van der Waals surface area contributed by atoms with Crippen molar-refractivity contribution in [1.29, 1.82) is 0 Å². The molecule has 6 nitrogen and oxygen atoms in total. The van der Waals surface area contributed by atoms with E-state index < -0.39 is 4.92 Å². The summed E-state index contributed by atoms with van der Waals surface area (Å²) in [7, 11) is 1.79. The van der Waals surface area contributed by atoms with E-state index in [9.17, 15) is 14.9 Å². The summed E-state index contributed by atoms with van der Waals surface area (Å²) < 4.78 is 0.461. The van der Waals surface area contributed by atoms with E-state index in [4.69, 9.17) is 0 Å². The highest BCUT2D eigenvalue weighted by Gasteiger charge is 2.16. The van der Waals surface area contributed by atoms with Crippen LogP contribution >= 0.6 is 15.9 Å². The molecule has 0 spiro atoms. The van der Waals surface area contributed by atoms with E-state index >= 15 is 0 Å². The maximum absolute atomic E-state index is 11.4. The van der Waals surface area contributed by atoms with Crippen LogP contribution in [0.3, 0.4) is 0 Å². The molecule has 0 saturated carbocycles. The van der Waals surface area contributed by atoms with Crippen molar-refractivity contribution in [3.63, 3.8) is 0 Å². The van der Waals surface area contributed by atoms with Gasteiger partial charge in [-0.3, -0.25) is 19.8 Å². The summed E-state index contributed by atoms with van der Waals surface area (Å²) in [5.41, 5.74) is 0.810. The lowest BCUT2D eigenvalue weighted by molar-refractivity contribution is -0.385. The van der Waals surface area contributed by atoms with Crippen molar-refractivity contribution >= 4 is 27.5 Å². The second-order valence-corrected chi connectivity index (χ2v) is 4.93. The fourth-order valence-corrected chi connectivity index (χ4v) is 2.21. The smallest absolute Gasteiger partial charge is 0.283 e. The summed E-state index contributed by atoms with van der Waals surface area (Å²) in [4.78, 5) is 23.6. The molecule has 7 heteroatoms. The average molecular weight is 330 g/mol. The van der Waals surface area contributed by atoms with Crippen molar-refractivity contribution in [3.05, 3.63) is 38.3 Å². The highest BCUT2D eigenvalue weighted by molar-refractivity contribution is 9.10. The van der Waals surface area contributed by atoms with Gasteiger partial charge in [-0.1, -0.05) is 12.1 Å². The Kier molecular flexibility index (Phi) is 5.91. The van der Waals surface area contributed by atoms with Gasteiger partial charge in [0.2, 0.25) is 5.91 Å². The topological polar surface area (TPSA) is 75.5 Å². The van der Waals surface area contributed by atoms with Crippen LogP contribution in [0.1, 0.15) is 12.5 Å². The number of nitro groups is 1. The van der Waals surface area contributed by atoms with E-state index in [0.29, 0.717) is 17.6 Å². The molecular weight excluding hydrogens is 314 g/mol. The quantitative estimate of drug-likeness (QED) is 0.639. The molecule has 0 radical (unpaired) electrons. The maximum Gasteiger partial charge on any atom is 0.283 e. The lowest BCUT2D eigenvalue weighted by atomic mass is 10.2. The Morgan fingerprint density at radius 2 is 2.21 bits per heavy atom. The Bertz CT molecular complexity index is 479. The van der Waals surface area contributed by atoms with Gasteiger partial charge in [-0.15, -0.1) is 0 Å². The zero-order valence-corrected chi connectivity index (χ0v) is 12.4. The third-order valence-electron chi connectivity index (χ3n) is 2.48. The Morgan fingerprint density at radius 3 is 2.79 bits per heavy atom. The van der Waals surface area contributed by atoms with Gasteiger partial charge in [-0.05, 0) is 35.5 Å². The molecular formula is C12H16BrN3O3. The molecule has 0 heterocycles. The van der Waals surface area contributed by atoms with Gasteiger partial charge in [0.15, 0.2) is 0 Å². The molecule has 0 unspecified atom stereocenters. The molecule has 1 amide bonds. The highest BCUT2D eigenvalue weighted by Crippen LogP contribution is 2.28. The molecule has 1 aromatic rings. The van der Waals surface area contributed by atoms with Crippen molar-refractivity contribution in [1.82, 2.24) is 10.2 Å². The minimum absolute atomic E-state index is 0.0314. The number of hydrogen-bond acceptors (Lipinski definition) is 4. The molecule has 0 atom stereocenters. The van der Waals surface area contributed by atoms with Crippen LogP contribution in [-0.2, 0) is 11.3 Å². The van der Waals surface area contributed by atoms with Crippen LogP contribution in [0.4, 0.5) is 5.69 Å². The van der Waals surface area contributed by atoms with E-state index in [1.807, 2.05) is 6.92 Å². The van der Waals surface area contributed by atoms with Gasteiger partial charge in [0, 0.05) is 19.2 Å². The lowest BCUT2D eigenvalue weighted by Crippen LogP contribution is -2.34. The van der Waals surface area contributed by atoms with E-state index in [1.54, 1.807) is 24.1 Å². The van der Waals surface area contributed by atoms with Crippen molar-refractivity contribution < 1.29 is 9.72 Å². The SMILES string of the molecule is CCNC(=O)CN(C)Cc1cccc([N+](=O)[O-])c1Br. The Labute approximate surface area is 120 Å². The predicted octanol–water partition coefficient (Wildman–Crippen LogP) is 1.93. The second kappa shape index (κ2) is 7.20. The number of halogens is 1. The van der Waals surface area contributed by atoms with E-state index in [-0.39, 0.29) is 18.1 Å². The largest absolute Gasteiger partial charge is 0.355 e. The summed E-state index contributed by atoms with van der Waals surface area (Å²) in [5.74, 6) is -0.0634. The monoisotopic (exact) mass is 329 g/mol. The number of amides is 1. The molecule has 1 rings (SSSR count). The Balaban J connectivity index is 2.74. The Hall–Kier alpha value is -1.47. The van der Waals surface area contributed by atoms with Gasteiger partial charge in [-0.25, -0.2) is 0 Å². The first kappa shape index (κ1) is 15.6. The molecule has 1 N–H and O–H groups in total. The van der Waals surface area contributed by atoms with Crippen molar-refractivity contribution in [3.8, 4) is 0 Å². The first-order valence-corrected chi connectivity index (χ1v) is 6.62. The molecule has 19 heavy (non-hydrogen) atoms. The van der Waals surface area contributed by atoms with Crippen molar-refractivity contribution in [2.45, 2.75) is 13.5 Å². The molecule has 0 saturated heterocycles. The van der Waals surface area contributed by atoms with Gasteiger partial charge in [0.05, 0.1) is 15.9 Å². The van der Waals surface area contributed by atoms with Gasteiger partial charge in [0.1, 0.15) is 0 Å². The van der Waals surface area contributed by atoms with E-state index in [0.717, 1.165) is 5.56 Å². The van der Waals surface area contributed by atoms with E-state index in [1.165, 1.54) is 6.07 Å². The normalized spacial score (nSPS) is 10.5. The minimum atomic E-state index is -0.433. The fraction of sp³-hybridized carbons (Fsp3) is 0.417. The number of rotatable bonds is 6. The molecule has 0 aliphatic rings. The van der Waals surface area contributed by atoms with Crippen LogP contribution < -0.4 is 5.32 Å². The van der Waals surface area contributed by atoms with Crippen LogP contribution in [0, 0.1) is 10.1 Å². The second-order valence-electron chi connectivity index (χ2n) is 4.13. The number of benzene rings is 1. The third kappa shape index (κ3) is 4.60. The summed E-state index contributed by atoms with van der Waals surface area (Å²) >= 11 is 3.24. The van der Waals surface area contributed by atoms with Crippen LogP contribution in [0.5, 0.6) is 0 Å². The maximum atomic E-state index is 11.4. The zero-order chi connectivity index (χ0) is 14.4. The summed E-state index contributed by atoms with van der Waals surface area (Å²) in [6, 6.07) is 4.88. The number of carbonyl (C=O) groups excluding carboxylic acids is 1. The molecule has 0 fully saturated rings. The summed E-state index contributed by atoms with van der Waals surface area (Å²) in [6.07, 6.45) is 0. The Morgan fingerprint density at radius 1 is 1.53 bits per heavy atom. The highest BCUT2D eigenvalue weighted by atomic mass is 79.9. The van der Waals surface area contributed by atoms with Crippen LogP contribution in [0.2, 0.25) is 0 Å². The van der Waals surface area contributed by atoms with Crippen molar-refractivity contribution in [2.24, 2.45) is 0 Å². The fourth-order valence-electron chi connectivity index (χ4n) is 1.67. The van der Waals surface area contributed by atoms with Crippen LogP contribution in [0.25, 0.3) is 0 Å². The molecule has 0 aromatic heterocycles. The third-order valence-corrected chi connectivity index (χ3v) is 3.40. The van der Waals surface area contributed by atoms with E-state index in [2.05, 4.69) is 21.2 Å². The summed E-state index contributed by atoms with van der Waals surface area (Å²) in [5, 5.41) is 13.5. The number of carbonyl (C=O) groups is 1. The number of likely N-dealkylation sites (N-methyl/N-ethyl adjacent to an activating group) is 2. The average Bonchev–Trinajstić information content (AvgIpc) is 2.31. The van der Waals surface area contributed by atoms with Gasteiger partial charge >= 0.3 is 0 Å². The molecule has 104 valence electrons. The standard InChI is InChI=1S/C12H16BrN3O3/c1-3-14-11(17)8-15(2)7-9-5-4-6-10(12(9)13)16(18)19/h4-6H,3,7-8H2,1-2H3,(H,14,17). The van der Waals surface area contributed by atoms with Gasteiger partial charge < -0.3 is 5.32 Å². The minimum Gasteiger partial charge on any atom is -0.355 e. The zero-order valence-electron chi connectivity index (χ0n) is 10.9.